The molecule has 1 aliphatic carbocycles. The minimum Gasteiger partial charge on any atom is -0.281 e. The molecule has 0 saturated heterocycles. The molecule has 3 rings (SSSR count). The molecule has 0 bridgehead atoms. The fraction of sp³-hybridized carbons (Fsp3) is 0.579. The molecule has 0 radical (unpaired) electrons. The van der Waals surface area contributed by atoms with Crippen LogP contribution in [0.2, 0.25) is 0 Å². The summed E-state index contributed by atoms with van der Waals surface area (Å²) in [6, 6.07) is 8.09. The van der Waals surface area contributed by atoms with E-state index in [1.165, 1.54) is 6.42 Å². The van der Waals surface area contributed by atoms with Gasteiger partial charge in [0.25, 0.3) is 0 Å². The average Bonchev–Trinajstić information content (AvgIpc) is 2.56. The van der Waals surface area contributed by atoms with Crippen molar-refractivity contribution < 1.29 is 13.2 Å². The largest absolute Gasteiger partial charge is 0.404 e. The number of rotatable bonds is 3. The van der Waals surface area contributed by atoms with Crippen LogP contribution < -0.4 is 0 Å². The molecule has 1 aromatic rings. The van der Waals surface area contributed by atoms with Crippen LogP contribution in [0.1, 0.15) is 44.1 Å². The Kier molecular flexibility index (Phi) is 5.10. The van der Waals surface area contributed by atoms with Crippen LogP contribution in [0.3, 0.4) is 0 Å². The fourth-order valence-corrected chi connectivity index (χ4v) is 4.04. The Labute approximate surface area is 136 Å². The predicted molar refractivity (Wildman–Crippen MR) is 85.9 cm³/mol. The zero-order valence-corrected chi connectivity index (χ0v) is 13.3. The van der Waals surface area contributed by atoms with Gasteiger partial charge >= 0.3 is 6.18 Å². The molecule has 1 fully saturated rings. The standard InChI is InChI=1S/C19H24F3N/c20-19(21,22)18-13-7-12-17(16-10-5-2-6-11-16)23(18)14-15-8-3-1-4-9-15/h1,3-4,7-9,12,16-18H,2,5-6,10-11,13-14H2/t17-,18-/m0/s1. The molecule has 0 amide bonds. The first-order valence-electron chi connectivity index (χ1n) is 8.59. The lowest BCUT2D eigenvalue weighted by Gasteiger charge is -2.44. The van der Waals surface area contributed by atoms with Gasteiger partial charge in [-0.05, 0) is 30.7 Å². The lowest BCUT2D eigenvalue weighted by molar-refractivity contribution is -0.193. The molecule has 0 unspecified atom stereocenters. The summed E-state index contributed by atoms with van der Waals surface area (Å²) in [5, 5.41) is 0. The lowest BCUT2D eigenvalue weighted by Crippen LogP contribution is -2.53. The zero-order valence-electron chi connectivity index (χ0n) is 13.3. The molecule has 0 spiro atoms. The third-order valence-corrected chi connectivity index (χ3v) is 5.19. The molecular weight excluding hydrogens is 299 g/mol. The average molecular weight is 323 g/mol. The quantitative estimate of drug-likeness (QED) is 0.680. The van der Waals surface area contributed by atoms with Crippen molar-refractivity contribution in [3.63, 3.8) is 0 Å². The van der Waals surface area contributed by atoms with E-state index in [0.717, 1.165) is 31.2 Å². The Balaban J connectivity index is 1.86. The van der Waals surface area contributed by atoms with E-state index < -0.39 is 12.2 Å². The molecule has 0 aromatic heterocycles. The topological polar surface area (TPSA) is 3.24 Å². The van der Waals surface area contributed by atoms with E-state index in [-0.39, 0.29) is 12.5 Å². The van der Waals surface area contributed by atoms with Crippen LogP contribution in [0.5, 0.6) is 0 Å². The second-order valence-electron chi connectivity index (χ2n) is 6.77. The maximum absolute atomic E-state index is 13.6. The smallest absolute Gasteiger partial charge is 0.281 e. The summed E-state index contributed by atoms with van der Waals surface area (Å²) in [4.78, 5) is 1.70. The van der Waals surface area contributed by atoms with Crippen LogP contribution in [0, 0.1) is 5.92 Å². The molecule has 1 aliphatic heterocycles. The van der Waals surface area contributed by atoms with E-state index in [0.29, 0.717) is 12.5 Å². The summed E-state index contributed by atoms with van der Waals surface area (Å²) in [5.74, 6) is 0.355. The second-order valence-corrected chi connectivity index (χ2v) is 6.77. The summed E-state index contributed by atoms with van der Waals surface area (Å²) in [6.45, 7) is 0.372. The highest BCUT2D eigenvalue weighted by Crippen LogP contribution is 2.38. The number of hydrogen-bond donors (Lipinski definition) is 0. The van der Waals surface area contributed by atoms with Crippen LogP contribution in [-0.2, 0) is 6.54 Å². The predicted octanol–water partition coefficient (Wildman–Crippen LogP) is 5.33. The van der Waals surface area contributed by atoms with Gasteiger partial charge in [-0.15, -0.1) is 0 Å². The van der Waals surface area contributed by atoms with Crippen LogP contribution in [0.25, 0.3) is 0 Å². The summed E-state index contributed by atoms with van der Waals surface area (Å²) >= 11 is 0. The normalized spacial score (nSPS) is 27.3. The maximum Gasteiger partial charge on any atom is 0.404 e. The molecule has 1 heterocycles. The van der Waals surface area contributed by atoms with Gasteiger partial charge in [0.05, 0.1) is 0 Å². The Morgan fingerprint density at radius 2 is 1.70 bits per heavy atom. The molecule has 1 saturated carbocycles. The first-order chi connectivity index (χ1) is 11.1. The molecule has 1 nitrogen and oxygen atoms in total. The number of nitrogens with zero attached hydrogens (tertiary/aromatic N) is 1. The molecular formula is C19H24F3N. The van der Waals surface area contributed by atoms with Crippen molar-refractivity contribution in [3.05, 3.63) is 48.0 Å². The third kappa shape index (κ3) is 3.97. The Bertz CT molecular complexity index is 517. The van der Waals surface area contributed by atoms with Crippen molar-refractivity contribution in [1.29, 1.82) is 0 Å². The zero-order chi connectivity index (χ0) is 16.3. The van der Waals surface area contributed by atoms with Gasteiger partial charge in [0.2, 0.25) is 0 Å². The molecule has 126 valence electrons. The summed E-state index contributed by atoms with van der Waals surface area (Å²) in [7, 11) is 0. The van der Waals surface area contributed by atoms with Gasteiger partial charge in [-0.1, -0.05) is 61.7 Å². The van der Waals surface area contributed by atoms with Crippen LogP contribution in [-0.4, -0.2) is 23.2 Å². The molecule has 2 aliphatic rings. The monoisotopic (exact) mass is 323 g/mol. The number of halogens is 3. The maximum atomic E-state index is 13.6. The number of benzene rings is 1. The van der Waals surface area contributed by atoms with Gasteiger partial charge in [-0.25, -0.2) is 0 Å². The lowest BCUT2D eigenvalue weighted by atomic mass is 9.81. The van der Waals surface area contributed by atoms with Crippen molar-refractivity contribution in [1.82, 2.24) is 4.90 Å². The van der Waals surface area contributed by atoms with Gasteiger partial charge < -0.3 is 0 Å². The molecule has 0 N–H and O–H groups in total. The molecule has 2 atom stereocenters. The second kappa shape index (κ2) is 7.08. The van der Waals surface area contributed by atoms with E-state index in [4.69, 9.17) is 0 Å². The van der Waals surface area contributed by atoms with Crippen LogP contribution >= 0.6 is 0 Å². The van der Waals surface area contributed by atoms with Gasteiger partial charge in [0.1, 0.15) is 6.04 Å². The molecule has 1 aromatic carbocycles. The van der Waals surface area contributed by atoms with E-state index in [2.05, 4.69) is 0 Å². The first-order valence-corrected chi connectivity index (χ1v) is 8.59. The third-order valence-electron chi connectivity index (χ3n) is 5.19. The first kappa shape index (κ1) is 16.6. The fourth-order valence-electron chi connectivity index (χ4n) is 4.04. The molecule has 23 heavy (non-hydrogen) atoms. The van der Waals surface area contributed by atoms with E-state index in [9.17, 15) is 13.2 Å². The van der Waals surface area contributed by atoms with E-state index >= 15 is 0 Å². The van der Waals surface area contributed by atoms with Gasteiger partial charge in [-0.3, -0.25) is 4.90 Å². The minimum absolute atomic E-state index is 0.0690. The SMILES string of the molecule is FC(F)(F)[C@@H]1CC=C[C@@H](C2CCCCC2)N1Cc1ccccc1. The van der Waals surface area contributed by atoms with Crippen molar-refractivity contribution >= 4 is 0 Å². The van der Waals surface area contributed by atoms with E-state index in [1.54, 1.807) is 11.0 Å². The van der Waals surface area contributed by atoms with E-state index in [1.807, 2.05) is 36.4 Å². The van der Waals surface area contributed by atoms with Crippen LogP contribution in [0.4, 0.5) is 13.2 Å². The Morgan fingerprint density at radius 1 is 1.00 bits per heavy atom. The Morgan fingerprint density at radius 3 is 2.35 bits per heavy atom. The summed E-state index contributed by atoms with van der Waals surface area (Å²) in [6.07, 6.45) is 5.27. The van der Waals surface area contributed by atoms with Gasteiger partial charge in [0, 0.05) is 12.6 Å². The van der Waals surface area contributed by atoms with Gasteiger partial charge in [-0.2, -0.15) is 13.2 Å². The highest BCUT2D eigenvalue weighted by atomic mass is 19.4. The minimum atomic E-state index is -4.17. The number of hydrogen-bond acceptors (Lipinski definition) is 1. The number of alkyl halides is 3. The summed E-state index contributed by atoms with van der Waals surface area (Å²) < 4.78 is 40.7. The van der Waals surface area contributed by atoms with Crippen molar-refractivity contribution in [3.8, 4) is 0 Å². The van der Waals surface area contributed by atoms with Crippen molar-refractivity contribution in [2.24, 2.45) is 5.92 Å². The van der Waals surface area contributed by atoms with Crippen molar-refractivity contribution in [2.75, 3.05) is 0 Å². The Hall–Kier alpha value is -1.29. The van der Waals surface area contributed by atoms with Gasteiger partial charge in [0.15, 0.2) is 0 Å². The van der Waals surface area contributed by atoms with Crippen LogP contribution in [0.15, 0.2) is 42.5 Å². The highest BCUT2D eigenvalue weighted by molar-refractivity contribution is 5.17. The van der Waals surface area contributed by atoms with Crippen molar-refractivity contribution in [2.45, 2.75) is 63.3 Å². The summed E-state index contributed by atoms with van der Waals surface area (Å²) in [5.41, 5.74) is 0.956. The molecule has 4 heteroatoms. The highest BCUT2D eigenvalue weighted by Gasteiger charge is 2.47.